The molecule has 0 atom stereocenters. The minimum absolute atomic E-state index is 0.0811. The number of carbonyl (C=O) groups excluding carboxylic acids is 2. The smallest absolute Gasteiger partial charge is 0.239 e. The van der Waals surface area contributed by atoms with E-state index in [1.165, 1.54) is 12.5 Å². The van der Waals surface area contributed by atoms with Crippen LogP contribution in [0.1, 0.15) is 24.5 Å². The minimum Gasteiger partial charge on any atom is -0.350 e. The first-order chi connectivity index (χ1) is 12.0. The molecule has 1 N–H and O–H groups in total. The standard InChI is InChI=1S/C20H23ClN2O2/c1-16(24)23(13-5-8-17-6-3-2-4-7-17)15-20(25)22-14-18-9-11-19(21)12-10-18/h2-4,6-7,9-12H,5,8,13-15H2,1H3,(H,22,25). The second-order valence-corrected chi connectivity index (χ2v) is 6.37. The molecule has 5 heteroatoms. The van der Waals surface area contributed by atoms with Gasteiger partial charge in [-0.3, -0.25) is 9.59 Å². The van der Waals surface area contributed by atoms with Crippen molar-refractivity contribution in [1.29, 1.82) is 0 Å². The Morgan fingerprint density at radius 3 is 2.32 bits per heavy atom. The molecule has 2 amide bonds. The maximum Gasteiger partial charge on any atom is 0.239 e. The van der Waals surface area contributed by atoms with Crippen molar-refractivity contribution in [2.45, 2.75) is 26.3 Å². The molecule has 0 radical (unpaired) electrons. The number of hydrogen-bond acceptors (Lipinski definition) is 2. The van der Waals surface area contributed by atoms with Gasteiger partial charge in [0, 0.05) is 25.0 Å². The zero-order chi connectivity index (χ0) is 18.1. The average Bonchev–Trinajstić information content (AvgIpc) is 2.61. The van der Waals surface area contributed by atoms with Gasteiger partial charge in [-0.2, -0.15) is 0 Å². The molecule has 4 nitrogen and oxygen atoms in total. The molecule has 0 aliphatic heterocycles. The third kappa shape index (κ3) is 6.98. The number of nitrogens with zero attached hydrogens (tertiary/aromatic N) is 1. The summed E-state index contributed by atoms with van der Waals surface area (Å²) in [5, 5.41) is 3.50. The average molecular weight is 359 g/mol. The number of halogens is 1. The van der Waals surface area contributed by atoms with Crippen LogP contribution in [0.3, 0.4) is 0 Å². The van der Waals surface area contributed by atoms with E-state index in [1.807, 2.05) is 30.3 Å². The van der Waals surface area contributed by atoms with Crippen molar-refractivity contribution < 1.29 is 9.59 Å². The van der Waals surface area contributed by atoms with Crippen LogP contribution >= 0.6 is 11.6 Å². The van der Waals surface area contributed by atoms with Crippen molar-refractivity contribution in [2.75, 3.05) is 13.1 Å². The summed E-state index contributed by atoms with van der Waals surface area (Å²) in [5.74, 6) is -0.250. The molecular weight excluding hydrogens is 336 g/mol. The highest BCUT2D eigenvalue weighted by Gasteiger charge is 2.13. The largest absolute Gasteiger partial charge is 0.350 e. The van der Waals surface area contributed by atoms with Gasteiger partial charge in [-0.25, -0.2) is 0 Å². The van der Waals surface area contributed by atoms with Crippen LogP contribution in [-0.2, 0) is 22.6 Å². The lowest BCUT2D eigenvalue weighted by Crippen LogP contribution is -2.40. The summed E-state index contributed by atoms with van der Waals surface area (Å²) < 4.78 is 0. The lowest BCUT2D eigenvalue weighted by Gasteiger charge is -2.20. The Kier molecular flexibility index (Phi) is 7.48. The lowest BCUT2D eigenvalue weighted by molar-refractivity contribution is -0.134. The molecule has 2 aromatic carbocycles. The van der Waals surface area contributed by atoms with E-state index in [9.17, 15) is 9.59 Å². The van der Waals surface area contributed by atoms with Gasteiger partial charge in [0.25, 0.3) is 0 Å². The van der Waals surface area contributed by atoms with E-state index < -0.39 is 0 Å². The van der Waals surface area contributed by atoms with Gasteiger partial charge in [-0.05, 0) is 36.1 Å². The summed E-state index contributed by atoms with van der Waals surface area (Å²) in [7, 11) is 0. The molecule has 132 valence electrons. The number of hydrogen-bond donors (Lipinski definition) is 1. The Balaban J connectivity index is 1.76. The van der Waals surface area contributed by atoms with Gasteiger partial charge in [0.05, 0.1) is 6.54 Å². The van der Waals surface area contributed by atoms with Crippen molar-refractivity contribution in [3.63, 3.8) is 0 Å². The molecule has 0 aliphatic carbocycles. The van der Waals surface area contributed by atoms with E-state index >= 15 is 0 Å². The summed E-state index contributed by atoms with van der Waals surface area (Å²) in [6, 6.07) is 17.4. The summed E-state index contributed by atoms with van der Waals surface area (Å²) in [6.07, 6.45) is 1.71. The molecule has 0 heterocycles. The molecule has 0 bridgehead atoms. The summed E-state index contributed by atoms with van der Waals surface area (Å²) in [4.78, 5) is 25.4. The molecule has 25 heavy (non-hydrogen) atoms. The number of aryl methyl sites for hydroxylation is 1. The SMILES string of the molecule is CC(=O)N(CCCc1ccccc1)CC(=O)NCc1ccc(Cl)cc1. The molecule has 0 fully saturated rings. The molecule has 0 aromatic heterocycles. The summed E-state index contributed by atoms with van der Waals surface area (Å²) in [5.41, 5.74) is 2.20. The summed E-state index contributed by atoms with van der Waals surface area (Å²) >= 11 is 5.84. The number of benzene rings is 2. The van der Waals surface area contributed by atoms with E-state index in [-0.39, 0.29) is 18.4 Å². The Morgan fingerprint density at radius 1 is 1.00 bits per heavy atom. The van der Waals surface area contributed by atoms with Gasteiger partial charge in [-0.15, -0.1) is 0 Å². The Labute approximate surface area is 153 Å². The van der Waals surface area contributed by atoms with E-state index in [1.54, 1.807) is 17.0 Å². The number of carbonyl (C=O) groups is 2. The van der Waals surface area contributed by atoms with E-state index in [2.05, 4.69) is 17.4 Å². The molecule has 0 unspecified atom stereocenters. The summed E-state index contributed by atoms with van der Waals surface area (Å²) in [6.45, 7) is 2.57. The van der Waals surface area contributed by atoms with Crippen LogP contribution < -0.4 is 5.32 Å². The topological polar surface area (TPSA) is 49.4 Å². The Bertz CT molecular complexity index is 687. The normalized spacial score (nSPS) is 10.3. The molecule has 0 saturated carbocycles. The predicted molar refractivity (Wildman–Crippen MR) is 100 cm³/mol. The van der Waals surface area contributed by atoms with Crippen LogP contribution in [0.25, 0.3) is 0 Å². The van der Waals surface area contributed by atoms with Gasteiger partial charge in [0.15, 0.2) is 0 Å². The quantitative estimate of drug-likeness (QED) is 0.785. The van der Waals surface area contributed by atoms with Crippen LogP contribution in [0.2, 0.25) is 5.02 Å². The second kappa shape index (κ2) is 9.84. The third-order valence-electron chi connectivity index (χ3n) is 3.92. The monoisotopic (exact) mass is 358 g/mol. The molecular formula is C20H23ClN2O2. The highest BCUT2D eigenvalue weighted by Crippen LogP contribution is 2.09. The van der Waals surface area contributed by atoms with Crippen molar-refractivity contribution in [1.82, 2.24) is 10.2 Å². The van der Waals surface area contributed by atoms with Gasteiger partial charge in [-0.1, -0.05) is 54.1 Å². The minimum atomic E-state index is -0.162. The molecule has 2 rings (SSSR count). The number of amides is 2. The molecule has 2 aromatic rings. The van der Waals surface area contributed by atoms with Crippen LogP contribution in [0.5, 0.6) is 0 Å². The van der Waals surface area contributed by atoms with Gasteiger partial charge in [0.1, 0.15) is 0 Å². The maximum atomic E-state index is 12.1. The van der Waals surface area contributed by atoms with Crippen LogP contribution in [0, 0.1) is 0 Å². The highest BCUT2D eigenvalue weighted by molar-refractivity contribution is 6.30. The van der Waals surface area contributed by atoms with Gasteiger partial charge < -0.3 is 10.2 Å². The molecule has 0 spiro atoms. The van der Waals surface area contributed by atoms with Crippen molar-refractivity contribution in [2.24, 2.45) is 0 Å². The Hall–Kier alpha value is -2.33. The number of rotatable bonds is 8. The zero-order valence-corrected chi connectivity index (χ0v) is 15.1. The fraction of sp³-hybridized carbons (Fsp3) is 0.300. The highest BCUT2D eigenvalue weighted by atomic mass is 35.5. The van der Waals surface area contributed by atoms with Crippen molar-refractivity contribution >= 4 is 23.4 Å². The fourth-order valence-corrected chi connectivity index (χ4v) is 2.62. The third-order valence-corrected chi connectivity index (χ3v) is 4.17. The predicted octanol–water partition coefficient (Wildman–Crippen LogP) is 3.44. The first kappa shape index (κ1) is 19.0. The van der Waals surface area contributed by atoms with E-state index in [0.29, 0.717) is 18.1 Å². The fourth-order valence-electron chi connectivity index (χ4n) is 2.50. The van der Waals surface area contributed by atoms with Crippen LogP contribution in [0.4, 0.5) is 0 Å². The van der Waals surface area contributed by atoms with E-state index in [0.717, 1.165) is 18.4 Å². The molecule has 0 saturated heterocycles. The number of nitrogens with one attached hydrogen (secondary N) is 1. The lowest BCUT2D eigenvalue weighted by atomic mass is 10.1. The van der Waals surface area contributed by atoms with Gasteiger partial charge in [0.2, 0.25) is 11.8 Å². The van der Waals surface area contributed by atoms with Crippen LogP contribution in [0.15, 0.2) is 54.6 Å². The molecule has 0 aliphatic rings. The Morgan fingerprint density at radius 2 is 1.68 bits per heavy atom. The first-order valence-electron chi connectivity index (χ1n) is 8.35. The maximum absolute atomic E-state index is 12.1. The van der Waals surface area contributed by atoms with E-state index in [4.69, 9.17) is 11.6 Å². The van der Waals surface area contributed by atoms with Crippen molar-refractivity contribution in [3.8, 4) is 0 Å². The van der Waals surface area contributed by atoms with Crippen molar-refractivity contribution in [3.05, 3.63) is 70.7 Å². The van der Waals surface area contributed by atoms with Gasteiger partial charge >= 0.3 is 0 Å². The second-order valence-electron chi connectivity index (χ2n) is 5.93. The van der Waals surface area contributed by atoms with Crippen LogP contribution in [-0.4, -0.2) is 29.8 Å². The first-order valence-corrected chi connectivity index (χ1v) is 8.73. The zero-order valence-electron chi connectivity index (χ0n) is 14.4.